The van der Waals surface area contributed by atoms with Gasteiger partial charge in [-0.2, -0.15) is 0 Å². The average Bonchev–Trinajstić information content (AvgIpc) is 1.87. The molecule has 0 bridgehead atoms. The molecular weight excluding hydrogens is 156 g/mol. The van der Waals surface area contributed by atoms with Gasteiger partial charge in [0, 0.05) is 6.08 Å². The second-order valence-electron chi connectivity index (χ2n) is 1.40. The number of rotatable bonds is 3. The molecule has 54 valence electrons. The Morgan fingerprint density at radius 1 is 1.50 bits per heavy atom. The number of allylic oxidation sites excluding steroid dienone is 2. The first-order chi connectivity index (χ1) is 4.57. The molecule has 0 saturated heterocycles. The van der Waals surface area contributed by atoms with E-state index in [1.807, 2.05) is 0 Å². The van der Waals surface area contributed by atoms with E-state index < -0.39 is 16.8 Å². The third-order valence-corrected chi connectivity index (χ3v) is 0.945. The van der Waals surface area contributed by atoms with Crippen molar-refractivity contribution in [3.8, 4) is 0 Å². The molecule has 0 amide bonds. The van der Waals surface area contributed by atoms with Crippen LogP contribution in [0.25, 0.3) is 0 Å². The van der Waals surface area contributed by atoms with E-state index in [-0.39, 0.29) is 0 Å². The van der Waals surface area contributed by atoms with Crippen molar-refractivity contribution in [1.29, 1.82) is 0 Å². The van der Waals surface area contributed by atoms with Crippen LogP contribution in [0.3, 0.4) is 0 Å². The highest BCUT2D eigenvalue weighted by Gasteiger charge is 2.03. The van der Waals surface area contributed by atoms with E-state index in [0.29, 0.717) is 0 Å². The number of hydrogen-bond acceptors (Lipinski definition) is 2. The first-order valence-corrected chi connectivity index (χ1v) is 2.72. The molecule has 0 rings (SSSR count). The monoisotopic (exact) mass is 160 g/mol. The number of carboxylic acids is 1. The Bertz CT molecular complexity index is 205. The van der Waals surface area contributed by atoms with E-state index in [4.69, 9.17) is 16.7 Å². The van der Waals surface area contributed by atoms with Crippen LogP contribution >= 0.6 is 11.6 Å². The lowest BCUT2D eigenvalue weighted by atomic mass is 10.3. The van der Waals surface area contributed by atoms with Gasteiger partial charge in [-0.15, -0.1) is 0 Å². The molecule has 0 heterocycles. The standard InChI is InChI=1S/C6H5ClO3/c1-2-4(8)3-5(7)6(9)10/h2-3H,1H2,(H,9,10). The molecule has 0 atom stereocenters. The Morgan fingerprint density at radius 2 is 2.00 bits per heavy atom. The van der Waals surface area contributed by atoms with E-state index >= 15 is 0 Å². The van der Waals surface area contributed by atoms with Crippen molar-refractivity contribution in [3.05, 3.63) is 23.8 Å². The van der Waals surface area contributed by atoms with E-state index in [9.17, 15) is 9.59 Å². The molecule has 0 saturated carbocycles. The van der Waals surface area contributed by atoms with Crippen molar-refractivity contribution in [2.24, 2.45) is 0 Å². The smallest absolute Gasteiger partial charge is 0.347 e. The molecule has 0 aliphatic heterocycles. The van der Waals surface area contributed by atoms with Crippen LogP contribution in [0.4, 0.5) is 0 Å². The quantitative estimate of drug-likeness (QED) is 0.626. The Kier molecular flexibility index (Phi) is 3.43. The van der Waals surface area contributed by atoms with Gasteiger partial charge in [0.05, 0.1) is 0 Å². The summed E-state index contributed by atoms with van der Waals surface area (Å²) in [5.41, 5.74) is 0. The normalized spacial score (nSPS) is 10.7. The van der Waals surface area contributed by atoms with Gasteiger partial charge in [-0.25, -0.2) is 4.79 Å². The van der Waals surface area contributed by atoms with Crippen molar-refractivity contribution in [2.75, 3.05) is 0 Å². The zero-order valence-electron chi connectivity index (χ0n) is 5.00. The van der Waals surface area contributed by atoms with Crippen molar-refractivity contribution in [1.82, 2.24) is 0 Å². The maximum Gasteiger partial charge on any atom is 0.347 e. The van der Waals surface area contributed by atoms with Crippen LogP contribution in [-0.4, -0.2) is 16.9 Å². The van der Waals surface area contributed by atoms with Crippen LogP contribution < -0.4 is 0 Å². The van der Waals surface area contributed by atoms with E-state index in [0.717, 1.165) is 12.2 Å². The Balaban J connectivity index is 4.30. The summed E-state index contributed by atoms with van der Waals surface area (Å²) in [4.78, 5) is 20.3. The maximum atomic E-state index is 10.4. The number of carbonyl (C=O) groups is 2. The summed E-state index contributed by atoms with van der Waals surface area (Å²) in [7, 11) is 0. The molecule has 0 fully saturated rings. The minimum absolute atomic E-state index is 0.509. The Labute approximate surface area is 62.6 Å². The van der Waals surface area contributed by atoms with Gasteiger partial charge in [-0.1, -0.05) is 18.2 Å². The minimum Gasteiger partial charge on any atom is -0.477 e. The number of carbonyl (C=O) groups excluding carboxylic acids is 1. The maximum absolute atomic E-state index is 10.4. The predicted octanol–water partition coefficient (Wildman–Crippen LogP) is 0.949. The fourth-order valence-electron chi connectivity index (χ4n) is 0.246. The molecule has 0 spiro atoms. The topological polar surface area (TPSA) is 54.4 Å². The van der Waals surface area contributed by atoms with Crippen LogP contribution in [0.5, 0.6) is 0 Å². The minimum atomic E-state index is -1.32. The molecule has 10 heavy (non-hydrogen) atoms. The number of ketones is 1. The zero-order valence-corrected chi connectivity index (χ0v) is 5.76. The largest absolute Gasteiger partial charge is 0.477 e. The van der Waals surface area contributed by atoms with Crippen LogP contribution in [0.15, 0.2) is 23.8 Å². The number of carboxylic acid groups (broad SMARTS) is 1. The number of hydrogen-bond donors (Lipinski definition) is 1. The number of halogens is 1. The highest BCUT2D eigenvalue weighted by atomic mass is 35.5. The fraction of sp³-hybridized carbons (Fsp3) is 0. The van der Waals surface area contributed by atoms with Crippen molar-refractivity contribution >= 4 is 23.4 Å². The lowest BCUT2D eigenvalue weighted by Crippen LogP contribution is -1.96. The van der Waals surface area contributed by atoms with Gasteiger partial charge < -0.3 is 5.11 Å². The summed E-state index contributed by atoms with van der Waals surface area (Å²) in [6.07, 6.45) is 1.77. The van der Waals surface area contributed by atoms with E-state index in [1.54, 1.807) is 0 Å². The summed E-state index contributed by atoms with van der Waals surface area (Å²) < 4.78 is 0. The van der Waals surface area contributed by atoms with Crippen molar-refractivity contribution < 1.29 is 14.7 Å². The predicted molar refractivity (Wildman–Crippen MR) is 36.8 cm³/mol. The van der Waals surface area contributed by atoms with Crippen LogP contribution in [0.2, 0.25) is 0 Å². The molecular formula is C6H5ClO3. The molecule has 0 aliphatic carbocycles. The van der Waals surface area contributed by atoms with Gasteiger partial charge in [0.2, 0.25) is 0 Å². The van der Waals surface area contributed by atoms with Crippen LogP contribution in [0.1, 0.15) is 0 Å². The Hall–Kier alpha value is -1.09. The third-order valence-electron chi connectivity index (χ3n) is 0.674. The molecule has 0 aromatic carbocycles. The molecule has 0 aromatic heterocycles. The van der Waals surface area contributed by atoms with Gasteiger partial charge in [0.25, 0.3) is 0 Å². The van der Waals surface area contributed by atoms with Crippen molar-refractivity contribution in [3.63, 3.8) is 0 Å². The SMILES string of the molecule is C=CC(=O)C=C(Cl)C(=O)O. The fourth-order valence-corrected chi connectivity index (χ4v) is 0.353. The molecule has 0 aromatic rings. The lowest BCUT2D eigenvalue weighted by Gasteiger charge is -1.85. The summed E-state index contributed by atoms with van der Waals surface area (Å²) in [6, 6.07) is 0. The number of aliphatic carboxylic acids is 1. The highest BCUT2D eigenvalue weighted by Crippen LogP contribution is 2.00. The highest BCUT2D eigenvalue weighted by molar-refractivity contribution is 6.42. The summed E-state index contributed by atoms with van der Waals surface area (Å²) in [6.45, 7) is 3.13. The average molecular weight is 161 g/mol. The Morgan fingerprint density at radius 3 is 2.30 bits per heavy atom. The van der Waals surface area contributed by atoms with Gasteiger partial charge in [0.15, 0.2) is 5.78 Å². The molecule has 0 unspecified atom stereocenters. The third kappa shape index (κ3) is 3.04. The van der Waals surface area contributed by atoms with E-state index in [1.165, 1.54) is 0 Å². The van der Waals surface area contributed by atoms with Crippen LogP contribution in [0, 0.1) is 0 Å². The second kappa shape index (κ2) is 3.85. The van der Waals surface area contributed by atoms with Crippen LogP contribution in [-0.2, 0) is 9.59 Å². The molecule has 0 aliphatic rings. The zero-order chi connectivity index (χ0) is 8.15. The van der Waals surface area contributed by atoms with Crippen molar-refractivity contribution in [2.45, 2.75) is 0 Å². The summed E-state index contributed by atoms with van der Waals surface area (Å²) in [5.74, 6) is -1.84. The first-order valence-electron chi connectivity index (χ1n) is 2.35. The molecule has 4 heteroatoms. The summed E-state index contributed by atoms with van der Waals surface area (Å²) >= 11 is 5.08. The van der Waals surface area contributed by atoms with Gasteiger partial charge in [0.1, 0.15) is 5.03 Å². The second-order valence-corrected chi connectivity index (χ2v) is 1.81. The van der Waals surface area contributed by atoms with Gasteiger partial charge in [-0.05, 0) is 6.08 Å². The molecule has 0 radical (unpaired) electrons. The molecule has 1 N–H and O–H groups in total. The van der Waals surface area contributed by atoms with Gasteiger partial charge in [-0.3, -0.25) is 4.79 Å². The lowest BCUT2D eigenvalue weighted by molar-refractivity contribution is -0.132. The molecule has 3 nitrogen and oxygen atoms in total. The van der Waals surface area contributed by atoms with Gasteiger partial charge >= 0.3 is 5.97 Å². The first kappa shape index (κ1) is 8.91. The van der Waals surface area contributed by atoms with E-state index in [2.05, 4.69) is 6.58 Å². The summed E-state index contributed by atoms with van der Waals surface area (Å²) in [5, 5.41) is 7.63.